The summed E-state index contributed by atoms with van der Waals surface area (Å²) in [6, 6.07) is 11.1. The molecule has 0 fully saturated rings. The number of hydrogen-bond donors (Lipinski definition) is 1. The van der Waals surface area contributed by atoms with Crippen molar-refractivity contribution < 1.29 is 13.6 Å². The Bertz CT molecular complexity index is 1120. The number of carbonyl (C=O) groups excluding carboxylic acids is 1. The number of furan rings is 1. The second-order valence-electron chi connectivity index (χ2n) is 5.66. The van der Waals surface area contributed by atoms with Crippen molar-refractivity contribution >= 4 is 39.0 Å². The average molecular weight is 447 g/mol. The number of rotatable bonds is 4. The lowest BCUT2D eigenvalue weighted by Crippen LogP contribution is -2.14. The molecule has 1 aromatic carbocycles. The molecule has 6 nitrogen and oxygen atoms in total. The Kier molecular flexibility index (Phi) is 4.63. The highest BCUT2D eigenvalue weighted by atomic mass is 79.9. The Morgan fingerprint density at radius 3 is 2.74 bits per heavy atom. The fourth-order valence-electron chi connectivity index (χ4n) is 2.46. The Morgan fingerprint density at radius 2 is 2.04 bits per heavy atom. The minimum Gasteiger partial charge on any atom is -0.444 e. The number of halogens is 2. The lowest BCUT2D eigenvalue weighted by molar-refractivity contribution is 0.0994. The fraction of sp³-hybridized carbons (Fsp3) is 0.0556. The van der Waals surface area contributed by atoms with Gasteiger partial charge in [-0.15, -0.1) is 11.3 Å². The lowest BCUT2D eigenvalue weighted by Gasteiger charge is -2.05. The van der Waals surface area contributed by atoms with Crippen LogP contribution in [0.5, 0.6) is 0 Å². The molecule has 1 amide bonds. The first-order valence-electron chi connectivity index (χ1n) is 7.85. The third kappa shape index (κ3) is 3.69. The number of amides is 1. The summed E-state index contributed by atoms with van der Waals surface area (Å²) >= 11 is 4.54. The van der Waals surface area contributed by atoms with Crippen LogP contribution in [0.3, 0.4) is 0 Å². The highest BCUT2D eigenvalue weighted by Gasteiger charge is 2.17. The van der Waals surface area contributed by atoms with Crippen molar-refractivity contribution in [3.8, 4) is 16.4 Å². The number of benzene rings is 1. The van der Waals surface area contributed by atoms with Crippen molar-refractivity contribution in [2.75, 3.05) is 5.32 Å². The summed E-state index contributed by atoms with van der Waals surface area (Å²) in [5.41, 5.74) is 2.23. The van der Waals surface area contributed by atoms with E-state index in [9.17, 15) is 9.18 Å². The van der Waals surface area contributed by atoms with Crippen LogP contribution in [0.4, 0.5) is 10.2 Å². The van der Waals surface area contributed by atoms with Crippen molar-refractivity contribution in [3.63, 3.8) is 0 Å². The van der Waals surface area contributed by atoms with Crippen LogP contribution in [-0.4, -0.2) is 20.7 Å². The second kappa shape index (κ2) is 7.09. The third-order valence-electron chi connectivity index (χ3n) is 3.68. The van der Waals surface area contributed by atoms with E-state index < -0.39 is 5.91 Å². The van der Waals surface area contributed by atoms with Gasteiger partial charge in [0.05, 0.1) is 11.4 Å². The van der Waals surface area contributed by atoms with E-state index in [1.807, 2.05) is 12.3 Å². The van der Waals surface area contributed by atoms with Crippen molar-refractivity contribution in [1.29, 1.82) is 0 Å². The molecule has 0 radical (unpaired) electrons. The van der Waals surface area contributed by atoms with Crippen molar-refractivity contribution in [1.82, 2.24) is 14.8 Å². The zero-order valence-electron chi connectivity index (χ0n) is 13.9. The number of thiazole rings is 1. The SMILES string of the molecule is Cc1cc(NC(=O)c2ccc(Br)o2)n(-c2nc(-c3ccc(F)cc3)cs2)n1. The van der Waals surface area contributed by atoms with Crippen LogP contribution in [0, 0.1) is 12.7 Å². The van der Waals surface area contributed by atoms with Crippen LogP contribution < -0.4 is 5.32 Å². The van der Waals surface area contributed by atoms with Gasteiger partial charge in [-0.25, -0.2) is 9.37 Å². The van der Waals surface area contributed by atoms with Gasteiger partial charge < -0.3 is 9.73 Å². The molecule has 0 atom stereocenters. The van der Waals surface area contributed by atoms with Crippen molar-refractivity contribution in [2.45, 2.75) is 6.92 Å². The lowest BCUT2D eigenvalue weighted by atomic mass is 10.2. The average Bonchev–Trinajstić information content (AvgIpc) is 3.35. The van der Waals surface area contributed by atoms with Gasteiger partial charge in [0.2, 0.25) is 5.13 Å². The Morgan fingerprint density at radius 1 is 1.26 bits per heavy atom. The quantitative estimate of drug-likeness (QED) is 0.475. The maximum atomic E-state index is 13.1. The van der Waals surface area contributed by atoms with Gasteiger partial charge in [-0.05, 0) is 59.3 Å². The van der Waals surface area contributed by atoms with E-state index in [0.29, 0.717) is 21.3 Å². The van der Waals surface area contributed by atoms with Crippen LogP contribution in [0.2, 0.25) is 0 Å². The summed E-state index contributed by atoms with van der Waals surface area (Å²) in [5.74, 6) is -0.0351. The molecule has 1 N–H and O–H groups in total. The zero-order valence-corrected chi connectivity index (χ0v) is 16.3. The van der Waals surface area contributed by atoms with E-state index in [2.05, 4.69) is 31.3 Å². The number of anilines is 1. The molecule has 0 bridgehead atoms. The molecule has 3 heterocycles. The van der Waals surface area contributed by atoms with Gasteiger partial charge in [-0.1, -0.05) is 0 Å². The van der Waals surface area contributed by atoms with Gasteiger partial charge in [-0.2, -0.15) is 9.78 Å². The van der Waals surface area contributed by atoms with Gasteiger partial charge >= 0.3 is 0 Å². The van der Waals surface area contributed by atoms with E-state index in [1.165, 1.54) is 23.5 Å². The fourth-order valence-corrected chi connectivity index (χ4v) is 3.57. The molecule has 4 aromatic rings. The smallest absolute Gasteiger partial charge is 0.292 e. The highest BCUT2D eigenvalue weighted by molar-refractivity contribution is 9.10. The molecule has 0 saturated carbocycles. The normalized spacial score (nSPS) is 10.9. The summed E-state index contributed by atoms with van der Waals surface area (Å²) in [5, 5.41) is 9.62. The molecule has 0 aliphatic rings. The van der Waals surface area contributed by atoms with Gasteiger partial charge in [0.15, 0.2) is 10.4 Å². The van der Waals surface area contributed by atoms with Gasteiger partial charge in [-0.3, -0.25) is 4.79 Å². The standard InChI is InChI=1S/C18H12BrFN4O2S/c1-10-8-16(22-17(25)14-6-7-15(19)26-14)24(23-10)18-21-13(9-27-18)11-2-4-12(20)5-3-11/h2-9H,1H3,(H,22,25). The maximum absolute atomic E-state index is 13.1. The first-order chi connectivity index (χ1) is 13.0. The predicted molar refractivity (Wildman–Crippen MR) is 104 cm³/mol. The van der Waals surface area contributed by atoms with Crippen LogP contribution in [0.1, 0.15) is 16.2 Å². The van der Waals surface area contributed by atoms with E-state index in [0.717, 1.165) is 11.3 Å². The molecule has 3 aromatic heterocycles. The minimum absolute atomic E-state index is 0.179. The second-order valence-corrected chi connectivity index (χ2v) is 7.28. The Labute approximate surface area is 165 Å². The largest absolute Gasteiger partial charge is 0.444 e. The summed E-state index contributed by atoms with van der Waals surface area (Å²) in [6.45, 7) is 1.82. The molecule has 0 aliphatic carbocycles. The molecule has 0 unspecified atom stereocenters. The number of carbonyl (C=O) groups is 1. The summed E-state index contributed by atoms with van der Waals surface area (Å²) in [7, 11) is 0. The van der Waals surface area contributed by atoms with E-state index in [1.54, 1.807) is 35.0 Å². The first-order valence-corrected chi connectivity index (χ1v) is 9.52. The number of aromatic nitrogens is 3. The van der Waals surface area contributed by atoms with Crippen LogP contribution in [-0.2, 0) is 0 Å². The third-order valence-corrected chi connectivity index (χ3v) is 4.93. The van der Waals surface area contributed by atoms with Crippen molar-refractivity contribution in [2.24, 2.45) is 0 Å². The molecule has 27 heavy (non-hydrogen) atoms. The molecule has 0 aliphatic heterocycles. The Hall–Kier alpha value is -2.78. The monoisotopic (exact) mass is 446 g/mol. The van der Waals surface area contributed by atoms with Crippen LogP contribution in [0.25, 0.3) is 16.4 Å². The number of aryl methyl sites for hydroxylation is 1. The molecular weight excluding hydrogens is 435 g/mol. The molecule has 4 rings (SSSR count). The summed E-state index contributed by atoms with van der Waals surface area (Å²) in [4.78, 5) is 16.9. The van der Waals surface area contributed by atoms with Crippen LogP contribution in [0.15, 0.2) is 56.9 Å². The maximum Gasteiger partial charge on any atom is 0.292 e. The number of nitrogens with zero attached hydrogens (tertiary/aromatic N) is 3. The first kappa shape index (κ1) is 17.6. The van der Waals surface area contributed by atoms with E-state index in [4.69, 9.17) is 4.42 Å². The molecule has 136 valence electrons. The minimum atomic E-state index is -0.392. The van der Waals surface area contributed by atoms with E-state index >= 15 is 0 Å². The van der Waals surface area contributed by atoms with Crippen LogP contribution >= 0.6 is 27.3 Å². The van der Waals surface area contributed by atoms with Gasteiger partial charge in [0.1, 0.15) is 11.6 Å². The molecule has 0 spiro atoms. The topological polar surface area (TPSA) is 73.0 Å². The van der Waals surface area contributed by atoms with Gasteiger partial charge in [0, 0.05) is 17.0 Å². The number of nitrogens with one attached hydrogen (secondary N) is 1. The summed E-state index contributed by atoms with van der Waals surface area (Å²) in [6.07, 6.45) is 0. The molecule has 0 saturated heterocycles. The molecule has 9 heteroatoms. The molecular formula is C18H12BrFN4O2S. The van der Waals surface area contributed by atoms with Gasteiger partial charge in [0.25, 0.3) is 5.91 Å². The number of hydrogen-bond acceptors (Lipinski definition) is 5. The highest BCUT2D eigenvalue weighted by Crippen LogP contribution is 2.27. The Balaban J connectivity index is 1.63. The predicted octanol–water partition coefficient (Wildman–Crippen LogP) is 5.05. The van der Waals surface area contributed by atoms with Crippen molar-refractivity contribution in [3.05, 3.63) is 69.8 Å². The summed E-state index contributed by atoms with van der Waals surface area (Å²) < 4.78 is 20.4. The zero-order chi connectivity index (χ0) is 19.0. The van der Waals surface area contributed by atoms with E-state index in [-0.39, 0.29) is 11.6 Å².